The molecule has 1 aliphatic heterocycles. The summed E-state index contributed by atoms with van der Waals surface area (Å²) in [6, 6.07) is 18.0. The van der Waals surface area contributed by atoms with Gasteiger partial charge in [0.1, 0.15) is 0 Å². The Kier molecular flexibility index (Phi) is 6.23. The third-order valence-corrected chi connectivity index (χ3v) is 5.83. The number of likely N-dealkylation sites (tertiary alicyclic amines) is 1. The van der Waals surface area contributed by atoms with Gasteiger partial charge in [0.25, 0.3) is 0 Å². The van der Waals surface area contributed by atoms with Crippen LogP contribution in [-0.4, -0.2) is 34.0 Å². The fourth-order valence-electron chi connectivity index (χ4n) is 4.05. The summed E-state index contributed by atoms with van der Waals surface area (Å²) < 4.78 is 5.43. The average molecular weight is 405 g/mol. The summed E-state index contributed by atoms with van der Waals surface area (Å²) in [5.41, 5.74) is 3.33. The van der Waals surface area contributed by atoms with Gasteiger partial charge in [-0.05, 0) is 50.9 Å². The van der Waals surface area contributed by atoms with E-state index in [0.29, 0.717) is 18.3 Å². The maximum atomic E-state index is 12.7. The van der Waals surface area contributed by atoms with Crippen LogP contribution in [0.4, 0.5) is 0 Å². The molecule has 0 bridgehead atoms. The molecule has 1 fully saturated rings. The number of aromatic nitrogens is 2. The molecule has 6 nitrogen and oxygen atoms in total. The van der Waals surface area contributed by atoms with Crippen LogP contribution in [0.3, 0.4) is 0 Å². The molecule has 0 saturated carbocycles. The first-order valence-electron chi connectivity index (χ1n) is 10.6. The molecule has 1 N–H and O–H groups in total. The molecule has 2 aromatic carbocycles. The lowest BCUT2D eigenvalue weighted by Crippen LogP contribution is -2.41. The highest BCUT2D eigenvalue weighted by Crippen LogP contribution is 2.23. The molecule has 1 unspecified atom stereocenters. The molecule has 1 aliphatic rings. The molecule has 4 rings (SSSR count). The monoisotopic (exact) mass is 404 g/mol. The van der Waals surface area contributed by atoms with Gasteiger partial charge in [-0.2, -0.15) is 4.98 Å². The fraction of sp³-hybridized carbons (Fsp3) is 0.375. The Hall–Kier alpha value is -2.99. The summed E-state index contributed by atoms with van der Waals surface area (Å²) in [7, 11) is 0. The summed E-state index contributed by atoms with van der Waals surface area (Å²) in [6.07, 6.45) is 1.68. The van der Waals surface area contributed by atoms with Crippen molar-refractivity contribution in [2.75, 3.05) is 13.1 Å². The Morgan fingerprint density at radius 3 is 2.57 bits per heavy atom. The minimum Gasteiger partial charge on any atom is -0.349 e. The van der Waals surface area contributed by atoms with E-state index in [4.69, 9.17) is 4.52 Å². The van der Waals surface area contributed by atoms with E-state index in [9.17, 15) is 4.79 Å². The molecule has 1 atom stereocenters. The van der Waals surface area contributed by atoms with Crippen molar-refractivity contribution in [1.82, 2.24) is 20.4 Å². The highest BCUT2D eigenvalue weighted by molar-refractivity contribution is 5.79. The molecule has 30 heavy (non-hydrogen) atoms. The van der Waals surface area contributed by atoms with E-state index in [2.05, 4.69) is 46.3 Å². The number of benzene rings is 2. The van der Waals surface area contributed by atoms with Gasteiger partial charge in [-0.25, -0.2) is 0 Å². The summed E-state index contributed by atoms with van der Waals surface area (Å²) in [4.78, 5) is 19.5. The highest BCUT2D eigenvalue weighted by atomic mass is 16.5. The SMILES string of the molecule is Cc1ccccc1C(C)NC(=O)C1CCN(Cc2nc(-c3ccccc3)no2)CC1. The van der Waals surface area contributed by atoms with Crippen molar-refractivity contribution in [2.24, 2.45) is 5.92 Å². The number of hydrogen-bond donors (Lipinski definition) is 1. The zero-order chi connectivity index (χ0) is 20.9. The second-order valence-corrected chi connectivity index (χ2v) is 8.02. The van der Waals surface area contributed by atoms with Crippen LogP contribution in [-0.2, 0) is 11.3 Å². The predicted octanol–water partition coefficient (Wildman–Crippen LogP) is 4.13. The van der Waals surface area contributed by atoms with E-state index in [-0.39, 0.29) is 17.9 Å². The van der Waals surface area contributed by atoms with Gasteiger partial charge < -0.3 is 9.84 Å². The van der Waals surface area contributed by atoms with Gasteiger partial charge in [0.15, 0.2) is 0 Å². The molecule has 3 aromatic rings. The molecule has 6 heteroatoms. The molecule has 2 heterocycles. The first kappa shape index (κ1) is 20.3. The number of aryl methyl sites for hydroxylation is 1. The topological polar surface area (TPSA) is 71.3 Å². The number of hydrogen-bond acceptors (Lipinski definition) is 5. The third-order valence-electron chi connectivity index (χ3n) is 5.83. The summed E-state index contributed by atoms with van der Waals surface area (Å²) in [5, 5.41) is 7.28. The number of carbonyl (C=O) groups excluding carboxylic acids is 1. The molecule has 156 valence electrons. The van der Waals surface area contributed by atoms with Crippen molar-refractivity contribution in [2.45, 2.75) is 39.3 Å². The molecule has 0 aliphatic carbocycles. The fourth-order valence-corrected chi connectivity index (χ4v) is 4.05. The maximum Gasteiger partial charge on any atom is 0.241 e. The van der Waals surface area contributed by atoms with Crippen molar-refractivity contribution in [1.29, 1.82) is 0 Å². The van der Waals surface area contributed by atoms with E-state index >= 15 is 0 Å². The smallest absolute Gasteiger partial charge is 0.241 e. The van der Waals surface area contributed by atoms with Crippen LogP contribution in [0.25, 0.3) is 11.4 Å². The number of nitrogens with zero attached hydrogens (tertiary/aromatic N) is 3. The predicted molar refractivity (Wildman–Crippen MR) is 115 cm³/mol. The van der Waals surface area contributed by atoms with Crippen LogP contribution in [0.1, 0.15) is 42.8 Å². The summed E-state index contributed by atoms with van der Waals surface area (Å²) in [6.45, 7) is 6.44. The second kappa shape index (κ2) is 9.22. The van der Waals surface area contributed by atoms with E-state index in [1.165, 1.54) is 11.1 Å². The van der Waals surface area contributed by atoms with Gasteiger partial charge in [-0.15, -0.1) is 0 Å². The number of amides is 1. The van der Waals surface area contributed by atoms with Gasteiger partial charge in [0.05, 0.1) is 12.6 Å². The molecule has 0 spiro atoms. The van der Waals surface area contributed by atoms with Crippen LogP contribution in [0, 0.1) is 12.8 Å². The highest BCUT2D eigenvalue weighted by Gasteiger charge is 2.27. The number of nitrogens with one attached hydrogen (secondary N) is 1. The zero-order valence-corrected chi connectivity index (χ0v) is 17.5. The van der Waals surface area contributed by atoms with Crippen molar-refractivity contribution in [3.05, 3.63) is 71.6 Å². The molecule has 1 amide bonds. The first-order valence-corrected chi connectivity index (χ1v) is 10.6. The lowest BCUT2D eigenvalue weighted by Gasteiger charge is -2.31. The van der Waals surface area contributed by atoms with Crippen molar-refractivity contribution >= 4 is 5.91 Å². The van der Waals surface area contributed by atoms with Crippen molar-refractivity contribution in [3.63, 3.8) is 0 Å². The molecular formula is C24H28N4O2. The van der Waals surface area contributed by atoms with Crippen molar-refractivity contribution < 1.29 is 9.32 Å². The van der Waals surface area contributed by atoms with Gasteiger partial charge in [0.2, 0.25) is 17.6 Å². The Morgan fingerprint density at radius 2 is 1.83 bits per heavy atom. The average Bonchev–Trinajstić information content (AvgIpc) is 3.23. The lowest BCUT2D eigenvalue weighted by molar-refractivity contribution is -0.127. The molecule has 1 saturated heterocycles. The van der Waals surface area contributed by atoms with Gasteiger partial charge >= 0.3 is 0 Å². The maximum absolute atomic E-state index is 12.7. The van der Waals surface area contributed by atoms with Gasteiger partial charge in [-0.1, -0.05) is 59.8 Å². The minimum atomic E-state index is 0.0199. The normalized spacial score (nSPS) is 16.3. The van der Waals surface area contributed by atoms with Crippen LogP contribution in [0.5, 0.6) is 0 Å². The van der Waals surface area contributed by atoms with Crippen molar-refractivity contribution in [3.8, 4) is 11.4 Å². The van der Waals surface area contributed by atoms with E-state index < -0.39 is 0 Å². The standard InChI is InChI=1S/C24H28N4O2/c1-17-8-6-7-11-21(17)18(2)25-24(29)20-12-14-28(15-13-20)16-22-26-23(27-30-22)19-9-4-3-5-10-19/h3-11,18,20H,12-16H2,1-2H3,(H,25,29). The second-order valence-electron chi connectivity index (χ2n) is 8.02. The summed E-state index contributed by atoms with van der Waals surface area (Å²) in [5.74, 6) is 1.43. The molecular weight excluding hydrogens is 376 g/mol. The Bertz CT molecular complexity index is 978. The van der Waals surface area contributed by atoms with Crippen LogP contribution in [0.2, 0.25) is 0 Å². The molecule has 0 radical (unpaired) electrons. The summed E-state index contributed by atoms with van der Waals surface area (Å²) >= 11 is 0. The lowest BCUT2D eigenvalue weighted by atomic mass is 9.94. The third kappa shape index (κ3) is 4.76. The number of rotatable bonds is 6. The quantitative estimate of drug-likeness (QED) is 0.669. The van der Waals surface area contributed by atoms with Crippen LogP contribution in [0.15, 0.2) is 59.1 Å². The Morgan fingerprint density at radius 1 is 1.13 bits per heavy atom. The number of carbonyl (C=O) groups is 1. The van der Waals surface area contributed by atoms with E-state index in [0.717, 1.165) is 31.5 Å². The van der Waals surface area contributed by atoms with Crippen LogP contribution >= 0.6 is 0 Å². The minimum absolute atomic E-state index is 0.0199. The molecule has 1 aromatic heterocycles. The Labute approximate surface area is 177 Å². The van der Waals surface area contributed by atoms with E-state index in [1.807, 2.05) is 42.5 Å². The van der Waals surface area contributed by atoms with Gasteiger partial charge in [0, 0.05) is 11.5 Å². The Balaban J connectivity index is 1.27. The first-order chi connectivity index (χ1) is 14.6. The van der Waals surface area contributed by atoms with Crippen LogP contribution < -0.4 is 5.32 Å². The number of piperidine rings is 1. The largest absolute Gasteiger partial charge is 0.349 e. The van der Waals surface area contributed by atoms with E-state index in [1.54, 1.807) is 0 Å². The zero-order valence-electron chi connectivity index (χ0n) is 17.5. The van der Waals surface area contributed by atoms with Gasteiger partial charge in [-0.3, -0.25) is 9.69 Å².